The van der Waals surface area contributed by atoms with Crippen LogP contribution in [0.2, 0.25) is 0 Å². The van der Waals surface area contributed by atoms with E-state index >= 15 is 0 Å². The Morgan fingerprint density at radius 3 is 2.92 bits per heavy atom. The molecule has 1 aliphatic heterocycles. The number of hydrogen-bond donors (Lipinski definition) is 2. The second kappa shape index (κ2) is 7.61. The van der Waals surface area contributed by atoms with Gasteiger partial charge in [-0.2, -0.15) is 5.06 Å². The molecule has 0 saturated heterocycles. The molecule has 7 heteroatoms. The first kappa shape index (κ1) is 18.0. The van der Waals surface area contributed by atoms with Crippen LogP contribution < -0.4 is 20.0 Å². The predicted octanol–water partition coefficient (Wildman–Crippen LogP) is 3.32. The van der Waals surface area contributed by atoms with E-state index in [-0.39, 0.29) is 5.69 Å². The van der Waals surface area contributed by atoms with Crippen LogP contribution in [-0.2, 0) is 13.0 Å². The maximum Gasteiger partial charge on any atom is 0.345 e. The number of benzene rings is 2. The summed E-state index contributed by atoms with van der Waals surface area (Å²) in [4.78, 5) is 13.7. The highest BCUT2D eigenvalue weighted by molar-refractivity contribution is 5.90. The van der Waals surface area contributed by atoms with E-state index in [4.69, 9.17) is 4.74 Å². The summed E-state index contributed by atoms with van der Waals surface area (Å²) in [5.74, 6) is 0.215. The number of carbonyl (C=O) groups is 1. The van der Waals surface area contributed by atoms with Crippen LogP contribution in [0, 0.1) is 5.82 Å². The van der Waals surface area contributed by atoms with Gasteiger partial charge in [0.1, 0.15) is 11.4 Å². The first-order chi connectivity index (χ1) is 12.5. The fraction of sp³-hybridized carbons (Fsp3) is 0.316. The third-order valence-electron chi connectivity index (χ3n) is 4.54. The molecule has 0 aliphatic carbocycles. The number of methoxy groups -OCH3 is 1. The fourth-order valence-electron chi connectivity index (χ4n) is 3.23. The first-order valence-corrected chi connectivity index (χ1v) is 8.45. The van der Waals surface area contributed by atoms with Crippen molar-refractivity contribution in [3.63, 3.8) is 0 Å². The Morgan fingerprint density at radius 1 is 1.38 bits per heavy atom. The van der Waals surface area contributed by atoms with Gasteiger partial charge in [0.2, 0.25) is 0 Å². The van der Waals surface area contributed by atoms with Crippen molar-refractivity contribution in [2.45, 2.75) is 19.4 Å². The lowest BCUT2D eigenvalue weighted by Crippen LogP contribution is -2.36. The number of hydrogen-bond acceptors (Lipinski definition) is 4. The van der Waals surface area contributed by atoms with Crippen molar-refractivity contribution in [1.82, 2.24) is 5.32 Å². The standard InChI is InChI=1S/C19H22FN3O3/c1-21-19(24)23(25)17-9-8-16-15(18(17)20)7-4-10-22(16)12-13-5-3-6-14(11-13)26-2/h3,5-6,8-9,11,25H,4,7,10,12H2,1-2H3,(H,21,24). The number of nitrogens with one attached hydrogen (secondary N) is 1. The molecule has 2 aromatic carbocycles. The number of urea groups is 1. The van der Waals surface area contributed by atoms with E-state index in [0.717, 1.165) is 30.0 Å². The molecule has 26 heavy (non-hydrogen) atoms. The topological polar surface area (TPSA) is 65.0 Å². The van der Waals surface area contributed by atoms with Crippen molar-refractivity contribution in [3.05, 3.63) is 53.3 Å². The zero-order valence-electron chi connectivity index (χ0n) is 14.8. The van der Waals surface area contributed by atoms with Gasteiger partial charge >= 0.3 is 6.03 Å². The van der Waals surface area contributed by atoms with Crippen molar-refractivity contribution in [2.75, 3.05) is 30.7 Å². The van der Waals surface area contributed by atoms with Gasteiger partial charge in [-0.1, -0.05) is 12.1 Å². The van der Waals surface area contributed by atoms with Crippen LogP contribution in [0.15, 0.2) is 36.4 Å². The molecule has 2 N–H and O–H groups in total. The zero-order chi connectivity index (χ0) is 18.7. The highest BCUT2D eigenvalue weighted by atomic mass is 19.1. The molecule has 0 unspecified atom stereocenters. The Kier molecular flexibility index (Phi) is 5.27. The van der Waals surface area contributed by atoms with Crippen LogP contribution in [0.25, 0.3) is 0 Å². The molecule has 2 amide bonds. The Bertz CT molecular complexity index is 813. The van der Waals surface area contributed by atoms with Crippen LogP contribution in [0.1, 0.15) is 17.5 Å². The Morgan fingerprint density at radius 2 is 2.19 bits per heavy atom. The summed E-state index contributed by atoms with van der Waals surface area (Å²) in [6.07, 6.45) is 1.36. The van der Waals surface area contributed by atoms with Crippen molar-refractivity contribution in [2.24, 2.45) is 0 Å². The molecule has 1 aliphatic rings. The van der Waals surface area contributed by atoms with Crippen molar-refractivity contribution < 1.29 is 19.1 Å². The van der Waals surface area contributed by atoms with E-state index < -0.39 is 11.8 Å². The largest absolute Gasteiger partial charge is 0.497 e. The minimum absolute atomic E-state index is 0.147. The molecular formula is C19H22FN3O3. The van der Waals surface area contributed by atoms with Crippen molar-refractivity contribution in [1.29, 1.82) is 0 Å². The van der Waals surface area contributed by atoms with E-state index in [1.54, 1.807) is 13.2 Å². The highest BCUT2D eigenvalue weighted by Crippen LogP contribution is 2.35. The summed E-state index contributed by atoms with van der Waals surface area (Å²) in [7, 11) is 3.00. The minimum atomic E-state index is -0.784. The lowest BCUT2D eigenvalue weighted by molar-refractivity contribution is 0.205. The number of ether oxygens (including phenoxy) is 1. The number of amides is 2. The van der Waals surface area contributed by atoms with E-state index in [1.165, 1.54) is 13.1 Å². The van der Waals surface area contributed by atoms with Crippen LogP contribution >= 0.6 is 0 Å². The number of nitrogens with zero attached hydrogens (tertiary/aromatic N) is 2. The molecule has 0 spiro atoms. The van der Waals surface area contributed by atoms with Gasteiger partial charge in [0, 0.05) is 31.4 Å². The van der Waals surface area contributed by atoms with Gasteiger partial charge in [-0.3, -0.25) is 5.21 Å². The molecule has 0 bridgehead atoms. The average molecular weight is 359 g/mol. The Hall–Kier alpha value is -2.80. The second-order valence-corrected chi connectivity index (χ2v) is 6.14. The fourth-order valence-corrected chi connectivity index (χ4v) is 3.23. The maximum absolute atomic E-state index is 14.9. The van der Waals surface area contributed by atoms with Crippen LogP contribution in [0.4, 0.5) is 20.6 Å². The molecule has 1 heterocycles. The summed E-state index contributed by atoms with van der Waals surface area (Å²) in [5, 5.41) is 12.5. The Labute approximate surface area is 151 Å². The summed E-state index contributed by atoms with van der Waals surface area (Å²) in [6, 6.07) is 10.2. The number of hydroxylamine groups is 1. The third kappa shape index (κ3) is 3.43. The van der Waals surface area contributed by atoms with E-state index in [9.17, 15) is 14.4 Å². The Balaban J connectivity index is 1.90. The number of carbonyl (C=O) groups excluding carboxylic acids is 1. The first-order valence-electron chi connectivity index (χ1n) is 8.45. The molecule has 0 saturated carbocycles. The lowest BCUT2D eigenvalue weighted by Gasteiger charge is -2.32. The van der Waals surface area contributed by atoms with Gasteiger partial charge in [0.15, 0.2) is 5.82 Å². The van der Waals surface area contributed by atoms with Gasteiger partial charge in [0.25, 0.3) is 0 Å². The highest BCUT2D eigenvalue weighted by Gasteiger charge is 2.25. The molecule has 6 nitrogen and oxygen atoms in total. The van der Waals surface area contributed by atoms with Gasteiger partial charge in [0.05, 0.1) is 7.11 Å². The van der Waals surface area contributed by atoms with Crippen molar-refractivity contribution in [3.8, 4) is 5.75 Å². The van der Waals surface area contributed by atoms with E-state index in [1.807, 2.05) is 24.3 Å². The average Bonchev–Trinajstić information content (AvgIpc) is 2.68. The summed E-state index contributed by atoms with van der Waals surface area (Å²) < 4.78 is 20.2. The summed E-state index contributed by atoms with van der Waals surface area (Å²) >= 11 is 0. The molecule has 138 valence electrons. The molecule has 3 rings (SSSR count). The normalized spacial score (nSPS) is 13.2. The molecule has 0 aromatic heterocycles. The smallest absolute Gasteiger partial charge is 0.345 e. The number of rotatable bonds is 4. The van der Waals surface area contributed by atoms with E-state index in [0.29, 0.717) is 23.6 Å². The monoisotopic (exact) mass is 359 g/mol. The molecule has 2 aromatic rings. The van der Waals surface area contributed by atoms with Gasteiger partial charge in [-0.25, -0.2) is 9.18 Å². The number of halogens is 1. The summed E-state index contributed by atoms with van der Waals surface area (Å²) in [5.41, 5.74) is 2.22. The minimum Gasteiger partial charge on any atom is -0.497 e. The quantitative estimate of drug-likeness (QED) is 0.649. The maximum atomic E-state index is 14.9. The lowest BCUT2D eigenvalue weighted by atomic mass is 9.99. The van der Waals surface area contributed by atoms with Crippen LogP contribution in [0.5, 0.6) is 5.75 Å². The summed E-state index contributed by atoms with van der Waals surface area (Å²) in [6.45, 7) is 1.43. The second-order valence-electron chi connectivity index (χ2n) is 6.14. The predicted molar refractivity (Wildman–Crippen MR) is 97.5 cm³/mol. The van der Waals surface area contributed by atoms with E-state index in [2.05, 4.69) is 10.2 Å². The molecular weight excluding hydrogens is 337 g/mol. The van der Waals surface area contributed by atoms with Gasteiger partial charge < -0.3 is 15.0 Å². The number of fused-ring (bicyclic) bond motifs is 1. The molecule has 0 radical (unpaired) electrons. The zero-order valence-corrected chi connectivity index (χ0v) is 14.8. The van der Waals surface area contributed by atoms with Gasteiger partial charge in [-0.05, 0) is 42.7 Å². The van der Waals surface area contributed by atoms with Gasteiger partial charge in [-0.15, -0.1) is 0 Å². The molecule has 0 fully saturated rings. The van der Waals surface area contributed by atoms with Crippen molar-refractivity contribution >= 4 is 17.4 Å². The van der Waals surface area contributed by atoms with Crippen LogP contribution in [-0.4, -0.2) is 31.9 Å². The molecule has 0 atom stereocenters. The number of anilines is 2. The third-order valence-corrected chi connectivity index (χ3v) is 4.54. The SMILES string of the molecule is CNC(=O)N(O)c1ccc2c(c1F)CCCN2Cc1cccc(OC)c1. The van der Waals surface area contributed by atoms with Crippen LogP contribution in [0.3, 0.4) is 0 Å².